The van der Waals surface area contributed by atoms with Gasteiger partial charge < -0.3 is 4.74 Å². The molecule has 5 nitrogen and oxygen atoms in total. The van der Waals surface area contributed by atoms with E-state index in [1.54, 1.807) is 23.1 Å². The molecule has 0 spiro atoms. The zero-order valence-corrected chi connectivity index (χ0v) is 20.5. The van der Waals surface area contributed by atoms with E-state index in [-0.39, 0.29) is 18.3 Å². The summed E-state index contributed by atoms with van der Waals surface area (Å²) in [6.45, 7) is 8.57. The van der Waals surface area contributed by atoms with Crippen LogP contribution in [0, 0.1) is 13.8 Å². The summed E-state index contributed by atoms with van der Waals surface area (Å²) in [5.41, 5.74) is 3.70. The molecule has 0 atom stereocenters. The molecule has 0 radical (unpaired) electrons. The normalized spacial score (nSPS) is 14.5. The number of aryl methyl sites for hydroxylation is 2. The molecule has 1 amide bonds. The fourth-order valence-corrected chi connectivity index (χ4v) is 5.03. The van der Waals surface area contributed by atoms with Crippen LogP contribution in [-0.2, 0) is 4.74 Å². The van der Waals surface area contributed by atoms with Gasteiger partial charge in [0, 0.05) is 31.2 Å². The number of hydrogen-bond acceptors (Lipinski definition) is 5. The van der Waals surface area contributed by atoms with Crippen molar-refractivity contribution in [1.82, 2.24) is 9.88 Å². The lowest BCUT2D eigenvalue weighted by molar-refractivity contribution is 0.0391. The smallest absolute Gasteiger partial charge is 0.261 e. The summed E-state index contributed by atoms with van der Waals surface area (Å²) in [6.07, 6.45) is 0. The number of anilines is 1. The van der Waals surface area contributed by atoms with E-state index in [9.17, 15) is 4.79 Å². The maximum atomic E-state index is 13.5. The number of ether oxygens (including phenoxy) is 1. The third kappa shape index (κ3) is 5.33. The average molecular weight is 501 g/mol. The van der Waals surface area contributed by atoms with E-state index in [1.807, 2.05) is 0 Å². The summed E-state index contributed by atoms with van der Waals surface area (Å²) >= 11 is 13.9. The third-order valence-corrected chi connectivity index (χ3v) is 7.05. The minimum absolute atomic E-state index is 0. The molecule has 1 fully saturated rings. The van der Waals surface area contributed by atoms with Crippen LogP contribution in [0.2, 0.25) is 10.0 Å². The molecule has 0 saturated carbocycles. The van der Waals surface area contributed by atoms with Crippen LogP contribution in [0.4, 0.5) is 5.13 Å². The fraction of sp³-hybridized carbons (Fsp3) is 0.364. The first-order valence-electron chi connectivity index (χ1n) is 9.88. The van der Waals surface area contributed by atoms with Crippen molar-refractivity contribution in [2.45, 2.75) is 13.8 Å². The molecule has 2 heterocycles. The highest BCUT2D eigenvalue weighted by molar-refractivity contribution is 7.22. The third-order valence-electron chi connectivity index (χ3n) is 5.45. The van der Waals surface area contributed by atoms with E-state index in [2.05, 4.69) is 30.9 Å². The van der Waals surface area contributed by atoms with E-state index in [0.717, 1.165) is 48.6 Å². The zero-order chi connectivity index (χ0) is 21.3. The molecular formula is C22H24Cl3N3O2S. The molecule has 1 aromatic heterocycles. The van der Waals surface area contributed by atoms with Crippen LogP contribution in [0.3, 0.4) is 0 Å². The first-order chi connectivity index (χ1) is 14.4. The van der Waals surface area contributed by atoms with Gasteiger partial charge in [0.05, 0.1) is 34.0 Å². The van der Waals surface area contributed by atoms with Gasteiger partial charge in [-0.2, -0.15) is 0 Å². The number of hydrogen-bond donors (Lipinski definition) is 0. The molecular weight excluding hydrogens is 477 g/mol. The number of nitrogens with zero attached hydrogens (tertiary/aromatic N) is 3. The van der Waals surface area contributed by atoms with Gasteiger partial charge in [0.15, 0.2) is 5.13 Å². The van der Waals surface area contributed by atoms with Crippen molar-refractivity contribution in [2.24, 2.45) is 0 Å². The van der Waals surface area contributed by atoms with Gasteiger partial charge in [0.2, 0.25) is 0 Å². The monoisotopic (exact) mass is 499 g/mol. The van der Waals surface area contributed by atoms with E-state index >= 15 is 0 Å². The van der Waals surface area contributed by atoms with Gasteiger partial charge in [-0.05, 0) is 49.2 Å². The molecule has 0 unspecified atom stereocenters. The summed E-state index contributed by atoms with van der Waals surface area (Å²) in [4.78, 5) is 22.4. The van der Waals surface area contributed by atoms with Gasteiger partial charge in [-0.15, -0.1) is 12.4 Å². The predicted molar refractivity (Wildman–Crippen MR) is 132 cm³/mol. The van der Waals surface area contributed by atoms with Crippen LogP contribution in [-0.4, -0.2) is 55.2 Å². The standard InChI is InChI=1S/C22H23Cl2N3O2S.ClH/c1-14-3-6-19-20(15(14)2)25-22(30-19)27(8-7-26-9-11-29-12-10-26)21(28)17-5-4-16(23)13-18(17)24;/h3-6,13H,7-12H2,1-2H3;1H. The Kier molecular flexibility index (Phi) is 8.19. The number of morpholine rings is 1. The highest BCUT2D eigenvalue weighted by Crippen LogP contribution is 2.33. The average Bonchev–Trinajstić information content (AvgIpc) is 3.16. The number of carbonyl (C=O) groups is 1. The Bertz CT molecular complexity index is 1080. The van der Waals surface area contributed by atoms with E-state index in [0.29, 0.717) is 27.3 Å². The largest absolute Gasteiger partial charge is 0.379 e. The Morgan fingerprint density at radius 2 is 1.94 bits per heavy atom. The summed E-state index contributed by atoms with van der Waals surface area (Å²) < 4.78 is 6.51. The molecule has 9 heteroatoms. The van der Waals surface area contributed by atoms with Gasteiger partial charge in [-0.3, -0.25) is 14.6 Å². The van der Waals surface area contributed by atoms with Crippen LogP contribution in [0.1, 0.15) is 21.5 Å². The van der Waals surface area contributed by atoms with E-state index in [4.69, 9.17) is 32.9 Å². The Morgan fingerprint density at radius 1 is 1.19 bits per heavy atom. The van der Waals surface area contributed by atoms with Crippen LogP contribution in [0.5, 0.6) is 0 Å². The predicted octanol–water partition coefficient (Wildman–Crippen LogP) is 5.62. The lowest BCUT2D eigenvalue weighted by Crippen LogP contribution is -2.43. The van der Waals surface area contributed by atoms with Crippen molar-refractivity contribution in [3.8, 4) is 0 Å². The van der Waals surface area contributed by atoms with Crippen molar-refractivity contribution >= 4 is 68.2 Å². The van der Waals surface area contributed by atoms with E-state index in [1.165, 1.54) is 16.9 Å². The Hall–Kier alpha value is -1.41. The quantitative estimate of drug-likeness (QED) is 0.456. The molecule has 1 aliphatic rings. The molecule has 1 aliphatic heterocycles. The summed E-state index contributed by atoms with van der Waals surface area (Å²) in [7, 11) is 0. The van der Waals surface area contributed by atoms with Crippen molar-refractivity contribution in [3.05, 3.63) is 57.1 Å². The Labute approximate surface area is 202 Å². The molecule has 0 aliphatic carbocycles. The minimum Gasteiger partial charge on any atom is -0.379 e. The Morgan fingerprint density at radius 3 is 2.65 bits per heavy atom. The lowest BCUT2D eigenvalue weighted by atomic mass is 10.1. The van der Waals surface area contributed by atoms with Crippen LogP contribution >= 0.6 is 46.9 Å². The van der Waals surface area contributed by atoms with Gasteiger partial charge in [-0.25, -0.2) is 4.98 Å². The number of fused-ring (bicyclic) bond motifs is 1. The topological polar surface area (TPSA) is 45.7 Å². The lowest BCUT2D eigenvalue weighted by Gasteiger charge is -2.29. The van der Waals surface area contributed by atoms with Gasteiger partial charge in [0.25, 0.3) is 5.91 Å². The number of benzene rings is 2. The second kappa shape index (κ2) is 10.5. The fourth-order valence-electron chi connectivity index (χ4n) is 3.49. The molecule has 31 heavy (non-hydrogen) atoms. The number of aromatic nitrogens is 1. The maximum absolute atomic E-state index is 13.5. The second-order valence-electron chi connectivity index (χ2n) is 7.39. The molecule has 166 valence electrons. The van der Waals surface area contributed by atoms with Crippen LogP contribution in [0.25, 0.3) is 10.2 Å². The highest BCUT2D eigenvalue weighted by Gasteiger charge is 2.25. The van der Waals surface area contributed by atoms with Crippen molar-refractivity contribution in [1.29, 1.82) is 0 Å². The van der Waals surface area contributed by atoms with E-state index < -0.39 is 0 Å². The first kappa shape index (κ1) is 24.2. The number of halogens is 3. The molecule has 0 bridgehead atoms. The summed E-state index contributed by atoms with van der Waals surface area (Å²) in [5, 5.41) is 1.53. The highest BCUT2D eigenvalue weighted by atomic mass is 35.5. The number of thiazole rings is 1. The van der Waals surface area contributed by atoms with Crippen LogP contribution < -0.4 is 4.90 Å². The summed E-state index contributed by atoms with van der Waals surface area (Å²) in [6, 6.07) is 9.13. The van der Waals surface area contributed by atoms with Crippen molar-refractivity contribution in [3.63, 3.8) is 0 Å². The summed E-state index contributed by atoms with van der Waals surface area (Å²) in [5.74, 6) is -0.168. The van der Waals surface area contributed by atoms with Crippen molar-refractivity contribution in [2.75, 3.05) is 44.3 Å². The zero-order valence-electron chi connectivity index (χ0n) is 17.4. The second-order valence-corrected chi connectivity index (χ2v) is 9.24. The number of rotatable bonds is 5. The number of amides is 1. The van der Waals surface area contributed by atoms with Gasteiger partial charge in [0.1, 0.15) is 0 Å². The Balaban J connectivity index is 0.00000272. The molecule has 2 aromatic carbocycles. The first-order valence-corrected chi connectivity index (χ1v) is 11.4. The molecule has 3 aromatic rings. The van der Waals surface area contributed by atoms with Crippen LogP contribution in [0.15, 0.2) is 30.3 Å². The molecule has 0 N–H and O–H groups in total. The minimum atomic E-state index is -0.168. The van der Waals surface area contributed by atoms with Gasteiger partial charge >= 0.3 is 0 Å². The van der Waals surface area contributed by atoms with Crippen molar-refractivity contribution < 1.29 is 9.53 Å². The number of carbonyl (C=O) groups excluding carboxylic acids is 1. The van der Waals surface area contributed by atoms with Gasteiger partial charge in [-0.1, -0.05) is 40.6 Å². The SMILES string of the molecule is Cc1ccc2sc(N(CCN3CCOCC3)C(=O)c3ccc(Cl)cc3Cl)nc2c1C.Cl. The maximum Gasteiger partial charge on any atom is 0.261 e. The molecule has 4 rings (SSSR count). The molecule has 1 saturated heterocycles.